The van der Waals surface area contributed by atoms with Crippen molar-refractivity contribution in [3.8, 4) is 0 Å². The van der Waals surface area contributed by atoms with E-state index in [4.69, 9.17) is 0 Å². The van der Waals surface area contributed by atoms with Gasteiger partial charge in [-0.25, -0.2) is 17.1 Å². The number of hydrogen-bond acceptors (Lipinski definition) is 3. The van der Waals surface area contributed by atoms with E-state index in [-0.39, 0.29) is 24.3 Å². The summed E-state index contributed by atoms with van der Waals surface area (Å²) in [6.45, 7) is 0.779. The topological polar surface area (TPSA) is 66.5 Å². The molecular formula is C18H25FN2O3S. The molecule has 1 saturated heterocycles. The second kappa shape index (κ2) is 7.03. The van der Waals surface area contributed by atoms with Crippen LogP contribution in [0.2, 0.25) is 0 Å². The molecule has 1 aromatic carbocycles. The van der Waals surface area contributed by atoms with Gasteiger partial charge in [-0.15, -0.1) is 0 Å². The van der Waals surface area contributed by atoms with Gasteiger partial charge in [-0.1, -0.05) is 31.0 Å². The van der Waals surface area contributed by atoms with Crippen LogP contribution in [0.1, 0.15) is 44.1 Å². The van der Waals surface area contributed by atoms with Crippen molar-refractivity contribution in [2.45, 2.75) is 50.0 Å². The lowest BCUT2D eigenvalue weighted by molar-refractivity contribution is -0.127. The molecule has 0 bridgehead atoms. The predicted octanol–water partition coefficient (Wildman–Crippen LogP) is 2.18. The quantitative estimate of drug-likeness (QED) is 0.886. The number of amides is 1. The van der Waals surface area contributed by atoms with Gasteiger partial charge in [0.1, 0.15) is 5.82 Å². The number of nitrogens with one attached hydrogen (secondary N) is 1. The van der Waals surface area contributed by atoms with Crippen LogP contribution in [-0.4, -0.2) is 44.0 Å². The van der Waals surface area contributed by atoms with Gasteiger partial charge in [0.25, 0.3) is 0 Å². The van der Waals surface area contributed by atoms with E-state index < -0.39 is 15.4 Å². The third kappa shape index (κ3) is 3.72. The molecule has 1 amide bonds. The van der Waals surface area contributed by atoms with E-state index in [1.165, 1.54) is 16.6 Å². The summed E-state index contributed by atoms with van der Waals surface area (Å²) in [4.78, 5) is 13.1. The van der Waals surface area contributed by atoms with Gasteiger partial charge in [0.15, 0.2) is 0 Å². The Bertz CT molecular complexity index is 744. The van der Waals surface area contributed by atoms with E-state index in [0.29, 0.717) is 31.4 Å². The number of sulfonamides is 1. The van der Waals surface area contributed by atoms with Gasteiger partial charge in [-0.05, 0) is 31.7 Å². The second-order valence-corrected chi connectivity index (χ2v) is 9.19. The molecule has 5 nitrogen and oxygen atoms in total. The monoisotopic (exact) mass is 368 g/mol. The number of rotatable bonds is 4. The third-order valence-electron chi connectivity index (χ3n) is 5.47. The first-order valence-electron chi connectivity index (χ1n) is 8.84. The molecule has 2 fully saturated rings. The maximum atomic E-state index is 14.4. The van der Waals surface area contributed by atoms with Crippen LogP contribution in [0, 0.1) is 5.82 Å². The van der Waals surface area contributed by atoms with Crippen molar-refractivity contribution in [2.24, 2.45) is 0 Å². The minimum Gasteiger partial charge on any atom is -0.351 e. The summed E-state index contributed by atoms with van der Waals surface area (Å²) < 4.78 is 39.3. The number of nitrogens with zero attached hydrogens (tertiary/aromatic N) is 1. The van der Waals surface area contributed by atoms with E-state index in [2.05, 4.69) is 5.32 Å². The third-order valence-corrected chi connectivity index (χ3v) is 6.74. The minimum absolute atomic E-state index is 0.171. The highest BCUT2D eigenvalue weighted by Crippen LogP contribution is 2.42. The van der Waals surface area contributed by atoms with Crippen LogP contribution in [-0.2, 0) is 20.2 Å². The molecule has 0 spiro atoms. The average Bonchev–Trinajstić information content (AvgIpc) is 3.05. The highest BCUT2D eigenvalue weighted by Gasteiger charge is 2.45. The highest BCUT2D eigenvalue weighted by atomic mass is 32.2. The fourth-order valence-electron chi connectivity index (χ4n) is 4.13. The standard InChI is InChI=1S/C18H25FN2O3S/c1-25(23,24)21-12-6-7-14(13-21)20-17(22)18(10-4-5-11-18)15-8-2-3-9-16(15)19/h2-3,8-9,14H,4-7,10-13H2,1H3,(H,20,22). The number of halogens is 1. The van der Waals surface area contributed by atoms with E-state index >= 15 is 0 Å². The molecule has 1 aliphatic carbocycles. The van der Waals surface area contributed by atoms with Crippen LogP contribution in [0.25, 0.3) is 0 Å². The molecule has 3 rings (SSSR count). The molecule has 0 radical (unpaired) electrons. The maximum Gasteiger partial charge on any atom is 0.231 e. The van der Waals surface area contributed by atoms with E-state index in [0.717, 1.165) is 19.3 Å². The molecule has 1 heterocycles. The molecule has 138 valence electrons. The lowest BCUT2D eigenvalue weighted by Gasteiger charge is -2.35. The lowest BCUT2D eigenvalue weighted by Crippen LogP contribution is -2.53. The largest absolute Gasteiger partial charge is 0.351 e. The smallest absolute Gasteiger partial charge is 0.231 e. The average molecular weight is 368 g/mol. The zero-order chi connectivity index (χ0) is 18.1. The van der Waals surface area contributed by atoms with E-state index in [9.17, 15) is 17.6 Å². The highest BCUT2D eigenvalue weighted by molar-refractivity contribution is 7.88. The lowest BCUT2D eigenvalue weighted by atomic mass is 9.77. The first kappa shape index (κ1) is 18.3. The summed E-state index contributed by atoms with van der Waals surface area (Å²) in [5, 5.41) is 3.02. The molecule has 1 unspecified atom stereocenters. The normalized spacial score (nSPS) is 24.2. The van der Waals surface area contributed by atoms with Crippen LogP contribution in [0.4, 0.5) is 4.39 Å². The van der Waals surface area contributed by atoms with Crippen molar-refractivity contribution in [1.29, 1.82) is 0 Å². The molecule has 2 aliphatic rings. The van der Waals surface area contributed by atoms with Crippen molar-refractivity contribution in [3.63, 3.8) is 0 Å². The Kier molecular flexibility index (Phi) is 5.16. The van der Waals surface area contributed by atoms with Crippen LogP contribution < -0.4 is 5.32 Å². The van der Waals surface area contributed by atoms with Gasteiger partial charge in [0.2, 0.25) is 15.9 Å². The van der Waals surface area contributed by atoms with Gasteiger partial charge in [-0.2, -0.15) is 0 Å². The van der Waals surface area contributed by atoms with E-state index in [1.54, 1.807) is 18.2 Å². The fourth-order valence-corrected chi connectivity index (χ4v) is 5.04. The van der Waals surface area contributed by atoms with Crippen LogP contribution in [0.5, 0.6) is 0 Å². The second-order valence-electron chi connectivity index (χ2n) is 7.20. The molecule has 1 saturated carbocycles. The Hall–Kier alpha value is -1.47. The van der Waals surface area contributed by atoms with Crippen molar-refractivity contribution < 1.29 is 17.6 Å². The summed E-state index contributed by atoms with van der Waals surface area (Å²) >= 11 is 0. The van der Waals surface area contributed by atoms with Gasteiger partial charge in [-0.3, -0.25) is 4.79 Å². The first-order valence-corrected chi connectivity index (χ1v) is 10.7. The molecule has 25 heavy (non-hydrogen) atoms. The predicted molar refractivity (Wildman–Crippen MR) is 94.1 cm³/mol. The number of benzene rings is 1. The minimum atomic E-state index is -3.27. The molecule has 1 aromatic rings. The summed E-state index contributed by atoms with van der Waals surface area (Å²) in [7, 11) is -3.27. The van der Waals surface area contributed by atoms with Gasteiger partial charge in [0, 0.05) is 24.7 Å². The number of carbonyl (C=O) groups excluding carboxylic acids is 1. The van der Waals surface area contributed by atoms with Gasteiger partial charge < -0.3 is 5.32 Å². The molecular weight excluding hydrogens is 343 g/mol. The molecule has 1 N–H and O–H groups in total. The van der Waals surface area contributed by atoms with Crippen molar-refractivity contribution in [2.75, 3.05) is 19.3 Å². The van der Waals surface area contributed by atoms with Crippen LogP contribution in [0.15, 0.2) is 24.3 Å². The summed E-state index contributed by atoms with van der Waals surface area (Å²) in [5.41, 5.74) is -0.376. The molecule has 1 atom stereocenters. The Labute approximate surface area is 148 Å². The SMILES string of the molecule is CS(=O)(=O)N1CCCC(NC(=O)C2(c3ccccc3F)CCCC2)C1. The van der Waals surface area contributed by atoms with E-state index in [1.807, 2.05) is 0 Å². The zero-order valence-electron chi connectivity index (χ0n) is 14.5. The van der Waals surface area contributed by atoms with Crippen molar-refractivity contribution >= 4 is 15.9 Å². The maximum absolute atomic E-state index is 14.4. The van der Waals surface area contributed by atoms with Crippen LogP contribution >= 0.6 is 0 Å². The Balaban J connectivity index is 1.80. The number of piperidine rings is 1. The Morgan fingerprint density at radius 1 is 1.24 bits per heavy atom. The summed E-state index contributed by atoms with van der Waals surface area (Å²) in [6, 6.07) is 6.26. The van der Waals surface area contributed by atoms with Crippen molar-refractivity contribution in [3.05, 3.63) is 35.6 Å². The van der Waals surface area contributed by atoms with Gasteiger partial charge >= 0.3 is 0 Å². The van der Waals surface area contributed by atoms with Crippen LogP contribution in [0.3, 0.4) is 0 Å². The summed E-state index contributed by atoms with van der Waals surface area (Å²) in [6.07, 6.45) is 5.68. The molecule has 7 heteroatoms. The molecule has 0 aromatic heterocycles. The fraction of sp³-hybridized carbons (Fsp3) is 0.611. The Morgan fingerprint density at radius 3 is 2.56 bits per heavy atom. The first-order chi connectivity index (χ1) is 11.8. The van der Waals surface area contributed by atoms with Gasteiger partial charge in [0.05, 0.1) is 11.7 Å². The zero-order valence-corrected chi connectivity index (χ0v) is 15.3. The number of hydrogen-bond donors (Lipinski definition) is 1. The molecule has 1 aliphatic heterocycles. The summed E-state index contributed by atoms with van der Waals surface area (Å²) in [5.74, 6) is -0.517. The number of carbonyl (C=O) groups is 1. The van der Waals surface area contributed by atoms with Crippen molar-refractivity contribution in [1.82, 2.24) is 9.62 Å². The Morgan fingerprint density at radius 2 is 1.92 bits per heavy atom.